The fourth-order valence-corrected chi connectivity index (χ4v) is 1.50. The van der Waals surface area contributed by atoms with Crippen molar-refractivity contribution in [1.82, 2.24) is 0 Å². The van der Waals surface area contributed by atoms with Crippen LogP contribution in [0.1, 0.15) is 13.8 Å². The molecule has 0 atom stereocenters. The Labute approximate surface area is 96.9 Å². The Bertz CT molecular complexity index is 612. The van der Waals surface area contributed by atoms with Gasteiger partial charge < -0.3 is 19.4 Å². The van der Waals surface area contributed by atoms with E-state index >= 15 is 0 Å². The van der Waals surface area contributed by atoms with Gasteiger partial charge in [-0.05, 0) is 26.0 Å². The quantitative estimate of drug-likeness (QED) is 0.779. The number of rotatable bonds is 2. The summed E-state index contributed by atoms with van der Waals surface area (Å²) in [6.45, 7) is 3.47. The maximum atomic E-state index is 11.6. The molecule has 0 aliphatic heterocycles. The summed E-state index contributed by atoms with van der Waals surface area (Å²) < 4.78 is 10.2. The van der Waals surface area contributed by atoms with Crippen molar-refractivity contribution in [1.29, 1.82) is 0 Å². The second-order valence-corrected chi connectivity index (χ2v) is 3.91. The molecule has 1 aromatic heterocycles. The zero-order chi connectivity index (χ0) is 12.6. The van der Waals surface area contributed by atoms with E-state index in [1.165, 1.54) is 18.2 Å². The molecule has 0 amide bonds. The molecule has 0 unspecified atom stereocenters. The zero-order valence-corrected chi connectivity index (χ0v) is 9.43. The molecule has 2 N–H and O–H groups in total. The second kappa shape index (κ2) is 4.01. The molecule has 1 aromatic carbocycles. The molecule has 5 heteroatoms. The van der Waals surface area contributed by atoms with Crippen LogP contribution in [-0.2, 0) is 0 Å². The van der Waals surface area contributed by atoms with E-state index < -0.39 is 5.63 Å². The fraction of sp³-hybridized carbons (Fsp3) is 0.250. The van der Waals surface area contributed by atoms with Crippen LogP contribution >= 0.6 is 0 Å². The number of aromatic hydroxyl groups is 2. The average molecular weight is 236 g/mol. The Morgan fingerprint density at radius 2 is 2.00 bits per heavy atom. The van der Waals surface area contributed by atoms with Crippen molar-refractivity contribution < 1.29 is 19.4 Å². The highest BCUT2D eigenvalue weighted by Crippen LogP contribution is 2.33. The highest BCUT2D eigenvalue weighted by molar-refractivity contribution is 5.86. The van der Waals surface area contributed by atoms with Crippen molar-refractivity contribution in [3.05, 3.63) is 28.6 Å². The second-order valence-electron chi connectivity index (χ2n) is 3.91. The van der Waals surface area contributed by atoms with Gasteiger partial charge in [-0.3, -0.25) is 0 Å². The molecule has 0 radical (unpaired) electrons. The van der Waals surface area contributed by atoms with Gasteiger partial charge in [-0.25, -0.2) is 4.79 Å². The summed E-state index contributed by atoms with van der Waals surface area (Å²) >= 11 is 0. The van der Waals surface area contributed by atoms with Crippen LogP contribution in [0.4, 0.5) is 0 Å². The van der Waals surface area contributed by atoms with Gasteiger partial charge >= 0.3 is 5.63 Å². The predicted molar refractivity (Wildman–Crippen MR) is 61.6 cm³/mol. The van der Waals surface area contributed by atoms with Crippen LogP contribution in [0.2, 0.25) is 0 Å². The lowest BCUT2D eigenvalue weighted by atomic mass is 10.2. The monoisotopic (exact) mass is 236 g/mol. The van der Waals surface area contributed by atoms with E-state index in [4.69, 9.17) is 9.15 Å². The van der Waals surface area contributed by atoms with E-state index in [1.807, 2.05) is 0 Å². The lowest BCUT2D eigenvalue weighted by molar-refractivity contribution is 0.221. The summed E-state index contributed by atoms with van der Waals surface area (Å²) in [7, 11) is 0. The molecular formula is C12H12O5. The number of phenolic OH excluding ortho intramolecular Hbond substituents is 1. The summed E-state index contributed by atoms with van der Waals surface area (Å²) in [6, 6.07) is 4.10. The number of hydrogen-bond donors (Lipinski definition) is 2. The molecule has 0 fully saturated rings. The molecule has 0 aliphatic carbocycles. The normalized spacial score (nSPS) is 11.0. The van der Waals surface area contributed by atoms with Gasteiger partial charge in [-0.15, -0.1) is 0 Å². The molecule has 2 aromatic rings. The Morgan fingerprint density at radius 1 is 1.29 bits per heavy atom. The fourth-order valence-electron chi connectivity index (χ4n) is 1.50. The molecule has 0 saturated heterocycles. The number of hydrogen-bond acceptors (Lipinski definition) is 5. The van der Waals surface area contributed by atoms with Gasteiger partial charge in [0.1, 0.15) is 11.3 Å². The van der Waals surface area contributed by atoms with Crippen LogP contribution in [0, 0.1) is 0 Å². The van der Waals surface area contributed by atoms with E-state index in [0.717, 1.165) is 0 Å². The predicted octanol–water partition coefficient (Wildman–Crippen LogP) is 1.99. The summed E-state index contributed by atoms with van der Waals surface area (Å²) in [5.41, 5.74) is -0.655. The van der Waals surface area contributed by atoms with Crippen LogP contribution in [0.3, 0.4) is 0 Å². The molecule has 5 nitrogen and oxygen atoms in total. The molecule has 0 bridgehead atoms. The Balaban J connectivity index is 2.72. The Kier molecular flexibility index (Phi) is 2.67. The van der Waals surface area contributed by atoms with E-state index in [-0.39, 0.29) is 28.9 Å². The van der Waals surface area contributed by atoms with Gasteiger partial charge in [-0.1, -0.05) is 0 Å². The molecule has 0 saturated carbocycles. The summed E-state index contributed by atoms with van der Waals surface area (Å²) in [5, 5.41) is 19.5. The first-order chi connectivity index (χ1) is 7.99. The van der Waals surface area contributed by atoms with Crippen molar-refractivity contribution in [2.24, 2.45) is 0 Å². The van der Waals surface area contributed by atoms with Crippen LogP contribution in [0.15, 0.2) is 27.4 Å². The molecule has 2 rings (SSSR count). The topological polar surface area (TPSA) is 79.9 Å². The third kappa shape index (κ3) is 2.04. The highest BCUT2D eigenvalue weighted by Gasteiger charge is 2.16. The van der Waals surface area contributed by atoms with E-state index in [0.29, 0.717) is 5.39 Å². The van der Waals surface area contributed by atoms with E-state index in [9.17, 15) is 15.0 Å². The van der Waals surface area contributed by atoms with Gasteiger partial charge in [0.2, 0.25) is 5.75 Å². The lowest BCUT2D eigenvalue weighted by Gasteiger charge is -2.10. The minimum atomic E-state index is -0.769. The Hall–Kier alpha value is -2.17. The highest BCUT2D eigenvalue weighted by atomic mass is 16.5. The van der Waals surface area contributed by atoms with Gasteiger partial charge in [0.05, 0.1) is 11.5 Å². The first-order valence-corrected chi connectivity index (χ1v) is 5.14. The summed E-state index contributed by atoms with van der Waals surface area (Å²) in [5.74, 6) is -0.527. The largest absolute Gasteiger partial charge is 0.508 e. The number of benzene rings is 1. The first-order valence-electron chi connectivity index (χ1n) is 5.14. The van der Waals surface area contributed by atoms with Crippen LogP contribution in [0.5, 0.6) is 17.2 Å². The molecule has 17 heavy (non-hydrogen) atoms. The molecule has 1 heterocycles. The Morgan fingerprint density at radius 3 is 2.65 bits per heavy atom. The summed E-state index contributed by atoms with van der Waals surface area (Å²) in [4.78, 5) is 11.6. The minimum Gasteiger partial charge on any atom is -0.508 e. The van der Waals surface area contributed by atoms with Gasteiger partial charge in [0, 0.05) is 6.07 Å². The van der Waals surface area contributed by atoms with Crippen LogP contribution in [0.25, 0.3) is 11.0 Å². The molecular weight excluding hydrogens is 224 g/mol. The molecule has 0 spiro atoms. The number of ether oxygens (including phenoxy) is 1. The van der Waals surface area contributed by atoms with Gasteiger partial charge in [0.25, 0.3) is 0 Å². The van der Waals surface area contributed by atoms with Gasteiger partial charge in [0.15, 0.2) is 5.75 Å². The van der Waals surface area contributed by atoms with Crippen molar-refractivity contribution in [3.63, 3.8) is 0 Å². The third-order valence-corrected chi connectivity index (χ3v) is 2.18. The maximum Gasteiger partial charge on any atom is 0.383 e. The third-order valence-electron chi connectivity index (χ3n) is 2.18. The lowest BCUT2D eigenvalue weighted by Crippen LogP contribution is -2.13. The molecule has 90 valence electrons. The smallest absolute Gasteiger partial charge is 0.383 e. The standard InChI is InChI=1S/C12H12O5/c1-6(2)16-11-10(14)8-4-3-7(13)5-9(8)17-12(11)15/h3-6,13-14H,1-2H3. The molecule has 0 aliphatic rings. The van der Waals surface area contributed by atoms with Crippen molar-refractivity contribution in [2.75, 3.05) is 0 Å². The number of phenols is 1. The first kappa shape index (κ1) is 11.3. The minimum absolute atomic E-state index is 0.0439. The van der Waals surface area contributed by atoms with E-state index in [2.05, 4.69) is 0 Å². The average Bonchev–Trinajstić information content (AvgIpc) is 2.23. The van der Waals surface area contributed by atoms with Gasteiger partial charge in [-0.2, -0.15) is 0 Å². The zero-order valence-electron chi connectivity index (χ0n) is 9.43. The van der Waals surface area contributed by atoms with Crippen molar-refractivity contribution >= 4 is 11.0 Å². The number of fused-ring (bicyclic) bond motifs is 1. The van der Waals surface area contributed by atoms with E-state index in [1.54, 1.807) is 13.8 Å². The SMILES string of the molecule is CC(C)Oc1c(O)c2ccc(O)cc2oc1=O. The van der Waals surface area contributed by atoms with Crippen LogP contribution < -0.4 is 10.4 Å². The van der Waals surface area contributed by atoms with Crippen molar-refractivity contribution in [3.8, 4) is 17.2 Å². The van der Waals surface area contributed by atoms with Crippen LogP contribution in [-0.4, -0.2) is 16.3 Å². The van der Waals surface area contributed by atoms with Crippen molar-refractivity contribution in [2.45, 2.75) is 20.0 Å². The maximum absolute atomic E-state index is 11.6. The summed E-state index contributed by atoms with van der Waals surface area (Å²) in [6.07, 6.45) is -0.252.